The predicted octanol–water partition coefficient (Wildman–Crippen LogP) is 5.89. The number of nitrogens with one attached hydrogen (secondary N) is 1. The van der Waals surface area contributed by atoms with Gasteiger partial charge in [0.1, 0.15) is 5.78 Å². The number of anilines is 2. The van der Waals surface area contributed by atoms with E-state index in [0.717, 1.165) is 16.9 Å². The molecule has 2 atom stereocenters. The van der Waals surface area contributed by atoms with Crippen molar-refractivity contribution >= 4 is 24.0 Å². The van der Waals surface area contributed by atoms with Crippen LogP contribution in [0.5, 0.6) is 0 Å². The summed E-state index contributed by atoms with van der Waals surface area (Å²) < 4.78 is 20.7. The molecular formula is C24H29N2O2P. The molecule has 1 N–H and O–H groups in total. The molecule has 3 aromatic carbocycles. The number of benzene rings is 3. The highest BCUT2D eigenvalue weighted by atomic mass is 31.2. The Hall–Kier alpha value is -2.55. The molecule has 0 aliphatic rings. The zero-order chi connectivity index (χ0) is 20.9. The van der Waals surface area contributed by atoms with Gasteiger partial charge in [-0.05, 0) is 55.8 Å². The Morgan fingerprint density at radius 3 is 1.90 bits per heavy atom. The second kappa shape index (κ2) is 9.30. The summed E-state index contributed by atoms with van der Waals surface area (Å²) in [4.78, 5) is 2.02. The van der Waals surface area contributed by atoms with Crippen LogP contribution in [0.4, 0.5) is 11.4 Å². The van der Waals surface area contributed by atoms with E-state index in [9.17, 15) is 4.57 Å². The van der Waals surface area contributed by atoms with Crippen molar-refractivity contribution < 1.29 is 9.09 Å². The number of para-hydroxylation sites is 1. The average Bonchev–Trinajstić information content (AvgIpc) is 2.73. The van der Waals surface area contributed by atoms with E-state index in [-0.39, 0.29) is 6.10 Å². The maximum absolute atomic E-state index is 14.5. The van der Waals surface area contributed by atoms with Gasteiger partial charge in [0.2, 0.25) is 0 Å². The number of nitrogens with zero attached hydrogens (tertiary/aromatic N) is 1. The van der Waals surface area contributed by atoms with Crippen LogP contribution in [0, 0.1) is 0 Å². The van der Waals surface area contributed by atoms with Crippen molar-refractivity contribution in [2.24, 2.45) is 0 Å². The van der Waals surface area contributed by atoms with Gasteiger partial charge in [-0.1, -0.05) is 48.5 Å². The van der Waals surface area contributed by atoms with E-state index in [1.54, 1.807) is 0 Å². The Morgan fingerprint density at radius 1 is 0.828 bits per heavy atom. The van der Waals surface area contributed by atoms with E-state index < -0.39 is 13.2 Å². The van der Waals surface area contributed by atoms with E-state index in [0.29, 0.717) is 5.30 Å². The summed E-state index contributed by atoms with van der Waals surface area (Å²) in [7, 11) is 0.673. The summed E-state index contributed by atoms with van der Waals surface area (Å²) in [6.45, 7) is 3.84. The van der Waals surface area contributed by atoms with Gasteiger partial charge < -0.3 is 14.7 Å². The van der Waals surface area contributed by atoms with Gasteiger partial charge in [0.05, 0.1) is 6.10 Å². The quantitative estimate of drug-likeness (QED) is 0.472. The fourth-order valence-electron chi connectivity index (χ4n) is 3.23. The first-order chi connectivity index (χ1) is 13.9. The normalized spacial score (nSPS) is 14.2. The first-order valence-electron chi connectivity index (χ1n) is 9.83. The summed E-state index contributed by atoms with van der Waals surface area (Å²) >= 11 is 0. The molecule has 3 aromatic rings. The molecule has 0 fully saturated rings. The molecule has 152 valence electrons. The molecular weight excluding hydrogens is 379 g/mol. The van der Waals surface area contributed by atoms with Crippen LogP contribution in [0.1, 0.15) is 25.2 Å². The van der Waals surface area contributed by atoms with Crippen LogP contribution in [-0.4, -0.2) is 20.2 Å². The lowest BCUT2D eigenvalue weighted by Crippen LogP contribution is -2.22. The summed E-state index contributed by atoms with van der Waals surface area (Å²) in [5.41, 5.74) is 2.88. The maximum Gasteiger partial charge on any atom is 0.258 e. The van der Waals surface area contributed by atoms with Crippen molar-refractivity contribution in [2.45, 2.75) is 25.7 Å². The van der Waals surface area contributed by atoms with Gasteiger partial charge in [-0.2, -0.15) is 0 Å². The largest absolute Gasteiger partial charge is 0.378 e. The minimum atomic E-state index is -3.31. The SMILES string of the molecule is CC(C)O[P@](=O)(c1ccc(N(C)C)cc1)[C@@H](Nc1ccccc1)c1ccccc1. The molecule has 0 saturated heterocycles. The van der Waals surface area contributed by atoms with Crippen molar-refractivity contribution in [3.63, 3.8) is 0 Å². The Labute approximate surface area is 174 Å². The van der Waals surface area contributed by atoms with Crippen LogP contribution < -0.4 is 15.5 Å². The van der Waals surface area contributed by atoms with Crippen LogP contribution in [-0.2, 0) is 9.09 Å². The topological polar surface area (TPSA) is 41.6 Å². The molecule has 0 amide bonds. The van der Waals surface area contributed by atoms with Gasteiger partial charge in [0.15, 0.2) is 0 Å². The third kappa shape index (κ3) is 5.09. The van der Waals surface area contributed by atoms with Crippen molar-refractivity contribution in [1.29, 1.82) is 0 Å². The van der Waals surface area contributed by atoms with Crippen molar-refractivity contribution in [3.05, 3.63) is 90.5 Å². The first kappa shape index (κ1) is 21.2. The second-order valence-corrected chi connectivity index (χ2v) is 9.92. The summed E-state index contributed by atoms with van der Waals surface area (Å²) in [5, 5.41) is 4.18. The number of hydrogen-bond acceptors (Lipinski definition) is 4. The average molecular weight is 408 g/mol. The Bertz CT molecular complexity index is 942. The molecule has 0 aromatic heterocycles. The molecule has 29 heavy (non-hydrogen) atoms. The van der Waals surface area contributed by atoms with Crippen molar-refractivity contribution in [3.8, 4) is 0 Å². The maximum atomic E-state index is 14.5. The smallest absolute Gasteiger partial charge is 0.258 e. The minimum absolute atomic E-state index is 0.182. The van der Waals surface area contributed by atoms with Crippen molar-refractivity contribution in [2.75, 3.05) is 24.3 Å². The summed E-state index contributed by atoms with van der Waals surface area (Å²) in [5.74, 6) is -0.501. The Kier molecular flexibility index (Phi) is 6.79. The third-order valence-electron chi connectivity index (χ3n) is 4.63. The van der Waals surface area contributed by atoms with Gasteiger partial charge >= 0.3 is 0 Å². The third-order valence-corrected chi connectivity index (χ3v) is 7.49. The molecule has 5 heteroatoms. The van der Waals surface area contributed by atoms with E-state index >= 15 is 0 Å². The highest BCUT2D eigenvalue weighted by Gasteiger charge is 2.38. The van der Waals surface area contributed by atoms with Crippen LogP contribution in [0.2, 0.25) is 0 Å². The lowest BCUT2D eigenvalue weighted by atomic mass is 10.2. The fourth-order valence-corrected chi connectivity index (χ4v) is 5.85. The molecule has 0 aliphatic carbocycles. The van der Waals surface area contributed by atoms with Gasteiger partial charge in [-0.3, -0.25) is 4.57 Å². The minimum Gasteiger partial charge on any atom is -0.378 e. The summed E-state index contributed by atoms with van der Waals surface area (Å²) in [6, 6.07) is 27.5. The highest BCUT2D eigenvalue weighted by molar-refractivity contribution is 7.67. The van der Waals surface area contributed by atoms with Crippen LogP contribution in [0.3, 0.4) is 0 Å². The summed E-state index contributed by atoms with van der Waals surface area (Å²) in [6.07, 6.45) is -0.182. The monoisotopic (exact) mass is 408 g/mol. The van der Waals surface area contributed by atoms with Gasteiger partial charge in [0.25, 0.3) is 7.37 Å². The molecule has 0 spiro atoms. The van der Waals surface area contributed by atoms with Gasteiger partial charge in [0, 0.05) is 30.8 Å². The standard InChI is InChI=1S/C24H29N2O2P/c1-19(2)28-29(27,23-17-15-22(16-18-23)26(3)4)24(20-11-7-5-8-12-20)25-21-13-9-6-10-14-21/h5-19,24-25H,1-4H3/t24-,29-/m1/s1. The first-order valence-corrected chi connectivity index (χ1v) is 11.5. The molecule has 0 aliphatic heterocycles. The Morgan fingerprint density at radius 2 is 1.38 bits per heavy atom. The van der Waals surface area contributed by atoms with E-state index in [2.05, 4.69) is 5.32 Å². The lowest BCUT2D eigenvalue weighted by molar-refractivity contribution is 0.245. The van der Waals surface area contributed by atoms with E-state index in [1.807, 2.05) is 118 Å². The van der Waals surface area contributed by atoms with Gasteiger partial charge in [-0.15, -0.1) is 0 Å². The molecule has 3 rings (SSSR count). The van der Waals surface area contributed by atoms with Gasteiger partial charge in [-0.25, -0.2) is 0 Å². The van der Waals surface area contributed by atoms with Crippen LogP contribution >= 0.6 is 7.37 Å². The molecule has 0 bridgehead atoms. The van der Waals surface area contributed by atoms with E-state index in [1.165, 1.54) is 0 Å². The molecule has 0 saturated carbocycles. The highest BCUT2D eigenvalue weighted by Crippen LogP contribution is 2.59. The molecule has 0 unspecified atom stereocenters. The number of hydrogen-bond donors (Lipinski definition) is 1. The van der Waals surface area contributed by atoms with Crippen LogP contribution in [0.25, 0.3) is 0 Å². The second-order valence-electron chi connectivity index (χ2n) is 7.49. The number of rotatable bonds is 8. The predicted molar refractivity (Wildman–Crippen MR) is 123 cm³/mol. The van der Waals surface area contributed by atoms with E-state index in [4.69, 9.17) is 4.52 Å². The lowest BCUT2D eigenvalue weighted by Gasteiger charge is -2.31. The van der Waals surface area contributed by atoms with Crippen molar-refractivity contribution in [1.82, 2.24) is 0 Å². The Balaban J connectivity index is 2.11. The zero-order valence-electron chi connectivity index (χ0n) is 17.4. The molecule has 0 heterocycles. The molecule has 0 radical (unpaired) electrons. The fraction of sp³-hybridized carbons (Fsp3) is 0.250. The zero-order valence-corrected chi connectivity index (χ0v) is 18.3. The van der Waals surface area contributed by atoms with Crippen LogP contribution in [0.15, 0.2) is 84.9 Å². The molecule has 4 nitrogen and oxygen atoms in total.